The number of aromatic nitrogens is 3. The normalized spacial score (nSPS) is 14.5. The number of carbonyl (C=O) groups is 1. The van der Waals surface area contributed by atoms with Crippen molar-refractivity contribution >= 4 is 27.6 Å². The maximum absolute atomic E-state index is 16.1. The molecule has 11 heteroatoms. The van der Waals surface area contributed by atoms with Crippen molar-refractivity contribution in [2.45, 2.75) is 45.6 Å². The van der Waals surface area contributed by atoms with Crippen LogP contribution in [0, 0.1) is 11.6 Å². The van der Waals surface area contributed by atoms with E-state index in [9.17, 15) is 14.3 Å². The number of rotatable bonds is 13. The Morgan fingerprint density at radius 3 is 2.65 bits per heavy atom. The highest BCUT2D eigenvalue weighted by molar-refractivity contribution is 6.04. The Morgan fingerprint density at radius 2 is 1.88 bits per heavy atom. The van der Waals surface area contributed by atoms with Crippen LogP contribution in [-0.4, -0.2) is 76.8 Å². The Morgan fingerprint density at radius 1 is 1.08 bits per heavy atom. The average molecular weight is 661 g/mol. The first-order chi connectivity index (χ1) is 23.3. The molecule has 254 valence electrons. The number of hydrogen-bond acceptors (Lipinski definition) is 7. The van der Waals surface area contributed by atoms with Gasteiger partial charge in [-0.15, -0.1) is 0 Å². The molecule has 3 aromatic carbocycles. The van der Waals surface area contributed by atoms with E-state index in [1.807, 2.05) is 25.1 Å². The highest BCUT2D eigenvalue weighted by atomic mass is 19.1. The van der Waals surface area contributed by atoms with E-state index in [0.29, 0.717) is 85.5 Å². The number of carbonyl (C=O) groups excluding carboxylic acids is 1. The van der Waals surface area contributed by atoms with Crippen LogP contribution in [0.5, 0.6) is 5.75 Å². The first-order valence-electron chi connectivity index (χ1n) is 16.7. The SMILES string of the molecule is CCOC(=O)c1[nH]c2c(-c3c(C(O)CCN4CCOCC4)nn(C)c3CC)c(F)ccc2c1CCCOc1cccc2cc(F)ccc12. The Hall–Kier alpha value is -4.32. The number of benzene rings is 3. The van der Waals surface area contributed by atoms with E-state index in [1.54, 1.807) is 30.8 Å². The number of halogens is 2. The van der Waals surface area contributed by atoms with Gasteiger partial charge in [-0.25, -0.2) is 13.6 Å². The molecule has 0 bridgehead atoms. The summed E-state index contributed by atoms with van der Waals surface area (Å²) in [6.45, 7) is 7.80. The van der Waals surface area contributed by atoms with E-state index in [2.05, 4.69) is 9.88 Å². The molecule has 6 rings (SSSR count). The van der Waals surface area contributed by atoms with Crippen LogP contribution in [0.25, 0.3) is 32.8 Å². The van der Waals surface area contributed by atoms with Crippen LogP contribution in [-0.2, 0) is 29.4 Å². The predicted octanol–water partition coefficient (Wildman–Crippen LogP) is 6.51. The Kier molecular flexibility index (Phi) is 10.4. The lowest BCUT2D eigenvalue weighted by molar-refractivity contribution is 0.0297. The van der Waals surface area contributed by atoms with E-state index >= 15 is 4.39 Å². The molecule has 1 atom stereocenters. The molecule has 2 aromatic heterocycles. The number of fused-ring (bicyclic) bond motifs is 2. The Balaban J connectivity index is 1.33. The van der Waals surface area contributed by atoms with Crippen molar-refractivity contribution in [3.8, 4) is 16.9 Å². The number of H-pyrrole nitrogens is 1. The second kappa shape index (κ2) is 14.8. The van der Waals surface area contributed by atoms with E-state index in [4.69, 9.17) is 19.3 Å². The first-order valence-corrected chi connectivity index (χ1v) is 16.7. The summed E-state index contributed by atoms with van der Waals surface area (Å²) >= 11 is 0. The third kappa shape index (κ3) is 6.80. The van der Waals surface area contributed by atoms with Gasteiger partial charge in [-0.05, 0) is 80.0 Å². The standard InChI is InChI=1S/C37H42F2N4O5/c1-4-29-33(36(41-42(29)3)30(44)15-16-43-17-20-46-21-18-43)32-28(39)14-13-27-26(35(40-34(27)32)37(45)47-5-2)9-7-19-48-31-10-6-8-23-22-24(38)11-12-25(23)31/h6,8,10-14,22,30,40,44H,4-5,7,9,15-21H2,1-3H3. The summed E-state index contributed by atoms with van der Waals surface area (Å²) in [5, 5.41) is 18.4. The molecule has 0 spiro atoms. The largest absolute Gasteiger partial charge is 0.493 e. The van der Waals surface area contributed by atoms with Crippen LogP contribution in [0.2, 0.25) is 0 Å². The van der Waals surface area contributed by atoms with Crippen molar-refractivity contribution in [3.63, 3.8) is 0 Å². The third-order valence-electron chi connectivity index (χ3n) is 9.06. The van der Waals surface area contributed by atoms with Crippen LogP contribution in [0.3, 0.4) is 0 Å². The van der Waals surface area contributed by atoms with Crippen molar-refractivity contribution in [2.24, 2.45) is 7.05 Å². The van der Waals surface area contributed by atoms with Gasteiger partial charge in [-0.3, -0.25) is 9.58 Å². The van der Waals surface area contributed by atoms with E-state index in [-0.39, 0.29) is 23.7 Å². The third-order valence-corrected chi connectivity index (χ3v) is 9.06. The highest BCUT2D eigenvalue weighted by Gasteiger charge is 2.29. The van der Waals surface area contributed by atoms with Crippen molar-refractivity contribution in [3.05, 3.63) is 82.8 Å². The fourth-order valence-electron chi connectivity index (χ4n) is 6.72. The molecule has 1 fully saturated rings. The van der Waals surface area contributed by atoms with Crippen LogP contribution in [0.15, 0.2) is 48.5 Å². The number of hydrogen-bond donors (Lipinski definition) is 2. The number of nitrogens with one attached hydrogen (secondary N) is 1. The number of ether oxygens (including phenoxy) is 3. The number of aliphatic hydroxyl groups is 1. The summed E-state index contributed by atoms with van der Waals surface area (Å²) in [5.74, 6) is -0.677. The van der Waals surface area contributed by atoms with Crippen LogP contribution in [0.1, 0.15) is 60.2 Å². The molecule has 0 aliphatic carbocycles. The van der Waals surface area contributed by atoms with Gasteiger partial charge < -0.3 is 24.3 Å². The first kappa shape index (κ1) is 33.6. The molecule has 1 unspecified atom stereocenters. The Labute approximate surface area is 278 Å². The smallest absolute Gasteiger partial charge is 0.355 e. The second-order valence-corrected chi connectivity index (χ2v) is 12.1. The maximum atomic E-state index is 16.1. The lowest BCUT2D eigenvalue weighted by Crippen LogP contribution is -2.37. The molecular formula is C37H42F2N4O5. The zero-order chi connectivity index (χ0) is 33.8. The fourth-order valence-corrected chi connectivity index (χ4v) is 6.72. The predicted molar refractivity (Wildman–Crippen MR) is 180 cm³/mol. The van der Waals surface area contributed by atoms with Gasteiger partial charge in [-0.2, -0.15) is 5.10 Å². The van der Waals surface area contributed by atoms with Crippen LogP contribution in [0.4, 0.5) is 8.78 Å². The fraction of sp³-hybridized carbons (Fsp3) is 0.405. The minimum Gasteiger partial charge on any atom is -0.493 e. The number of aliphatic hydroxyl groups excluding tert-OH is 1. The van der Waals surface area contributed by atoms with Gasteiger partial charge >= 0.3 is 5.97 Å². The zero-order valence-corrected chi connectivity index (χ0v) is 27.7. The molecule has 3 heterocycles. The molecule has 0 amide bonds. The number of aromatic amines is 1. The second-order valence-electron chi connectivity index (χ2n) is 12.1. The highest BCUT2D eigenvalue weighted by Crippen LogP contribution is 2.40. The van der Waals surface area contributed by atoms with E-state index in [0.717, 1.165) is 29.6 Å². The number of esters is 1. The van der Waals surface area contributed by atoms with Gasteiger partial charge in [0.25, 0.3) is 0 Å². The molecule has 48 heavy (non-hydrogen) atoms. The van der Waals surface area contributed by atoms with E-state index < -0.39 is 17.9 Å². The molecule has 1 aliphatic rings. The average Bonchev–Trinajstić information content (AvgIpc) is 3.62. The summed E-state index contributed by atoms with van der Waals surface area (Å²) in [7, 11) is 1.80. The van der Waals surface area contributed by atoms with Crippen LogP contribution >= 0.6 is 0 Å². The van der Waals surface area contributed by atoms with Gasteiger partial charge in [0.15, 0.2) is 0 Å². The summed E-state index contributed by atoms with van der Waals surface area (Å²) in [4.78, 5) is 18.7. The molecule has 9 nitrogen and oxygen atoms in total. The monoisotopic (exact) mass is 660 g/mol. The van der Waals surface area contributed by atoms with E-state index in [1.165, 1.54) is 18.2 Å². The van der Waals surface area contributed by atoms with Gasteiger partial charge in [0, 0.05) is 54.3 Å². The lowest BCUT2D eigenvalue weighted by Gasteiger charge is -2.27. The quantitative estimate of drug-likeness (QED) is 0.110. The summed E-state index contributed by atoms with van der Waals surface area (Å²) in [6.07, 6.45) is 1.05. The zero-order valence-electron chi connectivity index (χ0n) is 27.7. The van der Waals surface area contributed by atoms with Gasteiger partial charge in [0.05, 0.1) is 43.7 Å². The minimum absolute atomic E-state index is 0.182. The molecule has 1 aliphatic heterocycles. The van der Waals surface area contributed by atoms with Crippen molar-refractivity contribution in [1.82, 2.24) is 19.7 Å². The van der Waals surface area contributed by atoms with Crippen molar-refractivity contribution < 1.29 is 32.9 Å². The maximum Gasteiger partial charge on any atom is 0.355 e. The van der Waals surface area contributed by atoms with Gasteiger partial charge in [-0.1, -0.05) is 19.1 Å². The molecule has 1 saturated heterocycles. The Bertz CT molecular complexity index is 1910. The minimum atomic E-state index is -0.925. The number of morpholine rings is 1. The topological polar surface area (TPSA) is 102 Å². The number of nitrogens with zero attached hydrogens (tertiary/aromatic N) is 3. The molecule has 0 saturated carbocycles. The van der Waals surface area contributed by atoms with Crippen LogP contribution < -0.4 is 4.74 Å². The molecule has 0 radical (unpaired) electrons. The van der Waals surface area contributed by atoms with Crippen molar-refractivity contribution in [1.29, 1.82) is 0 Å². The summed E-state index contributed by atoms with van der Waals surface area (Å²) in [6, 6.07) is 13.2. The van der Waals surface area contributed by atoms with Gasteiger partial charge in [0.1, 0.15) is 23.1 Å². The summed E-state index contributed by atoms with van der Waals surface area (Å²) < 4.78 is 48.5. The number of aryl methyl sites for hydroxylation is 2. The summed E-state index contributed by atoms with van der Waals surface area (Å²) in [5.41, 5.74) is 3.41. The molecular weight excluding hydrogens is 618 g/mol. The lowest BCUT2D eigenvalue weighted by atomic mass is 9.94. The molecule has 5 aromatic rings. The van der Waals surface area contributed by atoms with Crippen molar-refractivity contribution in [2.75, 3.05) is 46.1 Å². The molecule has 2 N–H and O–H groups in total. The van der Waals surface area contributed by atoms with Gasteiger partial charge in [0.2, 0.25) is 0 Å².